The fraction of sp³-hybridized carbons (Fsp3) is 0.917. The van der Waals surface area contributed by atoms with Crippen LogP contribution < -0.4 is 11.1 Å². The standard InChI is InChI=1S/C12H25N3O/c1-10(9-13)14-12(16)11(2)15-7-5-3-4-6-8-15/h10-11H,3-9,13H2,1-2H3,(H,14,16)/t10-,11?/m0/s1. The zero-order chi connectivity index (χ0) is 12.0. The molecule has 1 fully saturated rings. The molecule has 0 aromatic rings. The summed E-state index contributed by atoms with van der Waals surface area (Å²) in [5.41, 5.74) is 5.50. The van der Waals surface area contributed by atoms with Gasteiger partial charge in [0.15, 0.2) is 0 Å². The van der Waals surface area contributed by atoms with E-state index in [-0.39, 0.29) is 18.0 Å². The van der Waals surface area contributed by atoms with Crippen molar-refractivity contribution < 1.29 is 4.79 Å². The summed E-state index contributed by atoms with van der Waals surface area (Å²) in [7, 11) is 0. The third kappa shape index (κ3) is 4.10. The van der Waals surface area contributed by atoms with Crippen molar-refractivity contribution in [1.82, 2.24) is 10.2 Å². The highest BCUT2D eigenvalue weighted by Gasteiger charge is 2.22. The molecule has 2 atom stereocenters. The van der Waals surface area contributed by atoms with Gasteiger partial charge < -0.3 is 11.1 Å². The monoisotopic (exact) mass is 227 g/mol. The minimum absolute atomic E-state index is 0.0212. The molecular formula is C12H25N3O. The molecule has 3 N–H and O–H groups in total. The third-order valence-electron chi connectivity index (χ3n) is 3.31. The summed E-state index contributed by atoms with van der Waals surface area (Å²) >= 11 is 0. The van der Waals surface area contributed by atoms with Crippen LogP contribution in [0.3, 0.4) is 0 Å². The molecule has 1 aliphatic rings. The lowest BCUT2D eigenvalue weighted by molar-refractivity contribution is -0.126. The van der Waals surface area contributed by atoms with Gasteiger partial charge in [-0.2, -0.15) is 0 Å². The molecule has 0 radical (unpaired) electrons. The van der Waals surface area contributed by atoms with Gasteiger partial charge in [0.1, 0.15) is 0 Å². The molecule has 1 saturated heterocycles. The summed E-state index contributed by atoms with van der Waals surface area (Å²) in [5, 5.41) is 2.94. The molecule has 0 aromatic heterocycles. The molecule has 94 valence electrons. The lowest BCUT2D eigenvalue weighted by atomic mass is 10.2. The Balaban J connectivity index is 2.41. The first-order valence-corrected chi connectivity index (χ1v) is 6.39. The van der Waals surface area contributed by atoms with Gasteiger partial charge in [0, 0.05) is 12.6 Å². The number of rotatable bonds is 4. The van der Waals surface area contributed by atoms with Gasteiger partial charge in [-0.1, -0.05) is 12.8 Å². The van der Waals surface area contributed by atoms with Crippen LogP contribution in [0.5, 0.6) is 0 Å². The second kappa shape index (κ2) is 6.86. The number of nitrogens with two attached hydrogens (primary N) is 1. The van der Waals surface area contributed by atoms with E-state index in [9.17, 15) is 4.79 Å². The Bertz CT molecular complexity index is 212. The minimum atomic E-state index is -0.0212. The number of amides is 1. The predicted molar refractivity (Wildman–Crippen MR) is 66.2 cm³/mol. The van der Waals surface area contributed by atoms with Crippen LogP contribution in [0.2, 0.25) is 0 Å². The second-order valence-corrected chi connectivity index (χ2v) is 4.77. The van der Waals surface area contributed by atoms with E-state index in [0.717, 1.165) is 13.1 Å². The van der Waals surface area contributed by atoms with E-state index in [0.29, 0.717) is 6.54 Å². The Labute approximate surface area is 98.6 Å². The molecule has 16 heavy (non-hydrogen) atoms. The van der Waals surface area contributed by atoms with Gasteiger partial charge in [-0.15, -0.1) is 0 Å². The Kier molecular flexibility index (Phi) is 5.77. The molecule has 1 aliphatic heterocycles. The molecule has 4 heteroatoms. The van der Waals surface area contributed by atoms with Crippen LogP contribution in [0.15, 0.2) is 0 Å². The number of carbonyl (C=O) groups excluding carboxylic acids is 1. The van der Waals surface area contributed by atoms with Crippen molar-refractivity contribution in [2.45, 2.75) is 51.6 Å². The van der Waals surface area contributed by atoms with E-state index in [1.165, 1.54) is 25.7 Å². The first-order chi connectivity index (χ1) is 7.65. The summed E-state index contributed by atoms with van der Waals surface area (Å²) in [6.07, 6.45) is 5.02. The number of hydrogen-bond acceptors (Lipinski definition) is 3. The molecule has 0 aliphatic carbocycles. The van der Waals surface area contributed by atoms with E-state index in [1.807, 2.05) is 13.8 Å². The molecule has 4 nitrogen and oxygen atoms in total. The van der Waals surface area contributed by atoms with Crippen molar-refractivity contribution in [3.8, 4) is 0 Å². The number of nitrogens with zero attached hydrogens (tertiary/aromatic N) is 1. The number of carbonyl (C=O) groups is 1. The topological polar surface area (TPSA) is 58.4 Å². The van der Waals surface area contributed by atoms with Gasteiger partial charge in [0.05, 0.1) is 6.04 Å². The highest BCUT2D eigenvalue weighted by molar-refractivity contribution is 5.81. The van der Waals surface area contributed by atoms with Crippen molar-refractivity contribution in [2.24, 2.45) is 5.73 Å². The third-order valence-corrected chi connectivity index (χ3v) is 3.31. The van der Waals surface area contributed by atoms with Crippen LogP contribution in [-0.2, 0) is 4.79 Å². The predicted octanol–water partition coefficient (Wildman–Crippen LogP) is 0.714. The summed E-state index contributed by atoms with van der Waals surface area (Å²) < 4.78 is 0. The summed E-state index contributed by atoms with van der Waals surface area (Å²) in [4.78, 5) is 14.2. The summed E-state index contributed by atoms with van der Waals surface area (Å²) in [5.74, 6) is 0.111. The maximum Gasteiger partial charge on any atom is 0.237 e. The minimum Gasteiger partial charge on any atom is -0.351 e. The van der Waals surface area contributed by atoms with Crippen LogP contribution in [0.25, 0.3) is 0 Å². The maximum absolute atomic E-state index is 11.9. The Morgan fingerprint density at radius 1 is 1.25 bits per heavy atom. The molecule has 0 aromatic carbocycles. The van der Waals surface area contributed by atoms with Crippen LogP contribution in [0.4, 0.5) is 0 Å². The van der Waals surface area contributed by atoms with E-state index in [4.69, 9.17) is 5.73 Å². The average molecular weight is 227 g/mol. The molecule has 0 spiro atoms. The Hall–Kier alpha value is -0.610. The fourth-order valence-electron chi connectivity index (χ4n) is 2.07. The van der Waals surface area contributed by atoms with Crippen molar-refractivity contribution in [2.75, 3.05) is 19.6 Å². The average Bonchev–Trinajstić information content (AvgIpc) is 2.56. The van der Waals surface area contributed by atoms with E-state index < -0.39 is 0 Å². The van der Waals surface area contributed by atoms with Crippen LogP contribution >= 0.6 is 0 Å². The molecule has 1 amide bonds. The smallest absolute Gasteiger partial charge is 0.237 e. The highest BCUT2D eigenvalue weighted by atomic mass is 16.2. The number of hydrogen-bond donors (Lipinski definition) is 2. The largest absolute Gasteiger partial charge is 0.351 e. The van der Waals surface area contributed by atoms with E-state index in [1.54, 1.807) is 0 Å². The van der Waals surface area contributed by atoms with E-state index >= 15 is 0 Å². The van der Waals surface area contributed by atoms with Crippen molar-refractivity contribution in [3.63, 3.8) is 0 Å². The van der Waals surface area contributed by atoms with Gasteiger partial charge in [-0.05, 0) is 39.8 Å². The number of likely N-dealkylation sites (tertiary alicyclic amines) is 1. The normalized spacial score (nSPS) is 22.2. The lowest BCUT2D eigenvalue weighted by Gasteiger charge is -2.27. The maximum atomic E-state index is 11.9. The SMILES string of the molecule is CC(C(=O)N[C@@H](C)CN)N1CCCCCC1. The summed E-state index contributed by atoms with van der Waals surface area (Å²) in [6.45, 7) is 6.52. The first kappa shape index (κ1) is 13.5. The Morgan fingerprint density at radius 3 is 2.31 bits per heavy atom. The van der Waals surface area contributed by atoms with Gasteiger partial charge in [-0.25, -0.2) is 0 Å². The summed E-state index contributed by atoms with van der Waals surface area (Å²) in [6, 6.07) is 0.0500. The van der Waals surface area contributed by atoms with Gasteiger partial charge in [0.25, 0.3) is 0 Å². The van der Waals surface area contributed by atoms with Crippen molar-refractivity contribution in [1.29, 1.82) is 0 Å². The molecule has 1 unspecified atom stereocenters. The molecule has 1 rings (SSSR count). The second-order valence-electron chi connectivity index (χ2n) is 4.77. The van der Waals surface area contributed by atoms with Crippen LogP contribution in [0.1, 0.15) is 39.5 Å². The van der Waals surface area contributed by atoms with Gasteiger partial charge in [0.2, 0.25) is 5.91 Å². The Morgan fingerprint density at radius 2 is 1.81 bits per heavy atom. The van der Waals surface area contributed by atoms with Crippen LogP contribution in [0, 0.1) is 0 Å². The van der Waals surface area contributed by atoms with Crippen LogP contribution in [-0.4, -0.2) is 42.5 Å². The van der Waals surface area contributed by atoms with Crippen molar-refractivity contribution >= 4 is 5.91 Å². The quantitative estimate of drug-likeness (QED) is 0.744. The zero-order valence-electron chi connectivity index (χ0n) is 10.5. The molecular weight excluding hydrogens is 202 g/mol. The van der Waals surface area contributed by atoms with Crippen molar-refractivity contribution in [3.05, 3.63) is 0 Å². The van der Waals surface area contributed by atoms with Gasteiger partial charge >= 0.3 is 0 Å². The molecule has 0 bridgehead atoms. The first-order valence-electron chi connectivity index (χ1n) is 6.39. The lowest BCUT2D eigenvalue weighted by Crippen LogP contribution is -2.49. The van der Waals surface area contributed by atoms with E-state index in [2.05, 4.69) is 10.2 Å². The fourth-order valence-corrected chi connectivity index (χ4v) is 2.07. The highest BCUT2D eigenvalue weighted by Crippen LogP contribution is 2.12. The van der Waals surface area contributed by atoms with Gasteiger partial charge in [-0.3, -0.25) is 9.69 Å². The molecule has 0 saturated carbocycles. The zero-order valence-corrected chi connectivity index (χ0v) is 10.5. The molecule has 1 heterocycles. The number of nitrogens with one attached hydrogen (secondary N) is 1.